The van der Waals surface area contributed by atoms with Gasteiger partial charge in [0.05, 0.1) is 13.1 Å². The molecule has 3 aliphatic rings. The lowest BCUT2D eigenvalue weighted by Crippen LogP contribution is -2.40. The molecule has 2 aliphatic carbocycles. The summed E-state index contributed by atoms with van der Waals surface area (Å²) >= 11 is 0. The van der Waals surface area contributed by atoms with Gasteiger partial charge >= 0.3 is 0 Å². The van der Waals surface area contributed by atoms with Gasteiger partial charge in [-0.05, 0) is 39.2 Å². The van der Waals surface area contributed by atoms with Crippen LogP contribution in [0, 0.1) is 0 Å². The molecule has 1 saturated heterocycles. The lowest BCUT2D eigenvalue weighted by atomic mass is 10.2. The lowest BCUT2D eigenvalue weighted by Gasteiger charge is -2.25. The summed E-state index contributed by atoms with van der Waals surface area (Å²) in [4.78, 5) is 18.9. The lowest BCUT2D eigenvalue weighted by molar-refractivity contribution is -0.131. The van der Waals surface area contributed by atoms with Crippen molar-refractivity contribution < 1.29 is 4.79 Å². The first kappa shape index (κ1) is 17.0. The van der Waals surface area contributed by atoms with E-state index in [-0.39, 0.29) is 5.91 Å². The van der Waals surface area contributed by atoms with Crippen LogP contribution in [0.15, 0.2) is 0 Å². The van der Waals surface area contributed by atoms with Crippen LogP contribution in [-0.2, 0) is 18.4 Å². The number of hydrogen-bond acceptors (Lipinski definition) is 5. The Morgan fingerprint density at radius 2 is 1.88 bits per heavy atom. The smallest absolute Gasteiger partial charge is 0.236 e. The zero-order chi connectivity index (χ0) is 17.6. The second-order valence-corrected chi connectivity index (χ2v) is 8.14. The summed E-state index contributed by atoms with van der Waals surface area (Å²) in [5.41, 5.74) is 0. The number of likely N-dealkylation sites (N-methyl/N-ethyl adjacent to an activating group) is 2. The SMILES string of the molecule is CN(Cc1nnc(C2CC2)n1C)C1CCN(CC(=O)N(C)C2CC2)C1. The summed E-state index contributed by atoms with van der Waals surface area (Å²) < 4.78 is 2.18. The maximum Gasteiger partial charge on any atom is 0.236 e. The molecule has 1 atom stereocenters. The highest BCUT2D eigenvalue weighted by atomic mass is 16.2. The van der Waals surface area contributed by atoms with E-state index < -0.39 is 0 Å². The molecule has 1 aliphatic heterocycles. The van der Waals surface area contributed by atoms with Gasteiger partial charge in [-0.3, -0.25) is 14.6 Å². The van der Waals surface area contributed by atoms with E-state index >= 15 is 0 Å². The third-order valence-electron chi connectivity index (χ3n) is 6.05. The van der Waals surface area contributed by atoms with Crippen LogP contribution in [-0.4, -0.2) is 81.2 Å². The Hall–Kier alpha value is -1.47. The van der Waals surface area contributed by atoms with Crippen molar-refractivity contribution in [2.45, 2.75) is 56.7 Å². The highest BCUT2D eigenvalue weighted by molar-refractivity contribution is 5.78. The molecule has 0 bridgehead atoms. The first-order valence-electron chi connectivity index (χ1n) is 9.59. The van der Waals surface area contributed by atoms with Crippen LogP contribution in [0.1, 0.15) is 49.7 Å². The number of carbonyl (C=O) groups excluding carboxylic acids is 1. The average Bonchev–Trinajstić information content (AvgIpc) is 3.52. The van der Waals surface area contributed by atoms with Crippen LogP contribution >= 0.6 is 0 Å². The van der Waals surface area contributed by atoms with Crippen molar-refractivity contribution in [2.24, 2.45) is 7.05 Å². The van der Waals surface area contributed by atoms with Gasteiger partial charge in [0.1, 0.15) is 11.6 Å². The fraction of sp³-hybridized carbons (Fsp3) is 0.833. The molecule has 1 unspecified atom stereocenters. The monoisotopic (exact) mass is 346 g/mol. The molecule has 25 heavy (non-hydrogen) atoms. The van der Waals surface area contributed by atoms with Gasteiger partial charge in [-0.2, -0.15) is 0 Å². The Morgan fingerprint density at radius 1 is 1.12 bits per heavy atom. The van der Waals surface area contributed by atoms with Gasteiger partial charge in [-0.25, -0.2) is 0 Å². The predicted molar refractivity (Wildman–Crippen MR) is 95.1 cm³/mol. The van der Waals surface area contributed by atoms with E-state index in [4.69, 9.17) is 0 Å². The maximum atomic E-state index is 12.3. The molecule has 0 spiro atoms. The third kappa shape index (κ3) is 3.72. The molecule has 0 radical (unpaired) electrons. The van der Waals surface area contributed by atoms with Crippen molar-refractivity contribution in [3.63, 3.8) is 0 Å². The topological polar surface area (TPSA) is 57.5 Å². The fourth-order valence-electron chi connectivity index (χ4n) is 3.85. The van der Waals surface area contributed by atoms with Crippen LogP contribution < -0.4 is 0 Å². The molecule has 0 aromatic carbocycles. The predicted octanol–water partition coefficient (Wildman–Crippen LogP) is 0.819. The van der Waals surface area contributed by atoms with E-state index in [2.05, 4.69) is 38.7 Å². The van der Waals surface area contributed by atoms with Crippen LogP contribution in [0.2, 0.25) is 0 Å². The first-order valence-corrected chi connectivity index (χ1v) is 9.59. The van der Waals surface area contributed by atoms with Crippen LogP contribution in [0.25, 0.3) is 0 Å². The summed E-state index contributed by atoms with van der Waals surface area (Å²) in [5.74, 6) is 3.10. The van der Waals surface area contributed by atoms with Gasteiger partial charge in [-0.15, -0.1) is 10.2 Å². The number of carbonyl (C=O) groups is 1. The molecule has 2 saturated carbocycles. The Labute approximate surface area is 150 Å². The van der Waals surface area contributed by atoms with Gasteiger partial charge in [0, 0.05) is 45.2 Å². The molecule has 1 amide bonds. The van der Waals surface area contributed by atoms with Crippen molar-refractivity contribution in [3.8, 4) is 0 Å². The summed E-state index contributed by atoms with van der Waals surface area (Å²) in [6, 6.07) is 0.991. The van der Waals surface area contributed by atoms with Gasteiger partial charge < -0.3 is 9.47 Å². The number of hydrogen-bond donors (Lipinski definition) is 0. The van der Waals surface area contributed by atoms with Gasteiger partial charge in [0.15, 0.2) is 0 Å². The van der Waals surface area contributed by atoms with E-state index in [1.807, 2.05) is 11.9 Å². The normalized spacial score (nSPS) is 24.2. The number of likely N-dealkylation sites (tertiary alicyclic amines) is 1. The molecule has 1 aromatic rings. The summed E-state index contributed by atoms with van der Waals surface area (Å²) in [6.07, 6.45) is 5.97. The molecule has 138 valence electrons. The largest absolute Gasteiger partial charge is 0.342 e. The highest BCUT2D eigenvalue weighted by Crippen LogP contribution is 2.38. The summed E-state index contributed by atoms with van der Waals surface area (Å²) in [5, 5.41) is 8.78. The molecule has 7 heteroatoms. The van der Waals surface area contributed by atoms with Crippen LogP contribution in [0.3, 0.4) is 0 Å². The van der Waals surface area contributed by atoms with Crippen molar-refractivity contribution >= 4 is 5.91 Å². The molecule has 3 fully saturated rings. The quantitative estimate of drug-likeness (QED) is 0.732. The molecular formula is C18H30N6O. The van der Waals surface area contributed by atoms with E-state index in [1.165, 1.54) is 25.7 Å². The number of aromatic nitrogens is 3. The summed E-state index contributed by atoms with van der Waals surface area (Å²) in [6.45, 7) is 3.36. The third-order valence-corrected chi connectivity index (χ3v) is 6.05. The van der Waals surface area contributed by atoms with E-state index in [0.717, 1.165) is 37.7 Å². The second kappa shape index (κ2) is 6.68. The molecule has 2 heterocycles. The zero-order valence-electron chi connectivity index (χ0n) is 15.7. The number of amides is 1. The van der Waals surface area contributed by atoms with Gasteiger partial charge in [0.2, 0.25) is 5.91 Å². The van der Waals surface area contributed by atoms with Crippen LogP contribution in [0.4, 0.5) is 0 Å². The van der Waals surface area contributed by atoms with Crippen molar-refractivity contribution in [1.82, 2.24) is 29.5 Å². The van der Waals surface area contributed by atoms with Crippen LogP contribution in [0.5, 0.6) is 0 Å². The standard InChI is InChI=1S/C18H30N6O/c1-21(11-16-19-20-18(23(16)3)13-4-5-13)15-8-9-24(10-15)12-17(25)22(2)14-6-7-14/h13-15H,4-12H2,1-3H3. The fourth-order valence-corrected chi connectivity index (χ4v) is 3.85. The second-order valence-electron chi connectivity index (χ2n) is 8.14. The van der Waals surface area contributed by atoms with Crippen molar-refractivity contribution in [3.05, 3.63) is 11.6 Å². The Kier molecular flexibility index (Phi) is 4.54. The van der Waals surface area contributed by atoms with Gasteiger partial charge in [-0.1, -0.05) is 0 Å². The number of nitrogens with zero attached hydrogens (tertiary/aromatic N) is 6. The molecule has 1 aromatic heterocycles. The van der Waals surface area contributed by atoms with E-state index in [9.17, 15) is 4.79 Å². The van der Waals surface area contributed by atoms with E-state index in [1.54, 1.807) is 0 Å². The minimum absolute atomic E-state index is 0.271. The molecule has 4 rings (SSSR count). The molecule has 7 nitrogen and oxygen atoms in total. The van der Waals surface area contributed by atoms with Gasteiger partial charge in [0.25, 0.3) is 0 Å². The van der Waals surface area contributed by atoms with Crippen molar-refractivity contribution in [1.29, 1.82) is 0 Å². The Morgan fingerprint density at radius 3 is 2.56 bits per heavy atom. The highest BCUT2D eigenvalue weighted by Gasteiger charge is 2.33. The number of rotatable bonds is 7. The molecule has 0 N–H and O–H groups in total. The maximum absolute atomic E-state index is 12.3. The summed E-state index contributed by atoms with van der Waals surface area (Å²) in [7, 11) is 6.20. The molecular weight excluding hydrogens is 316 g/mol. The minimum Gasteiger partial charge on any atom is -0.342 e. The Balaban J connectivity index is 1.28. The van der Waals surface area contributed by atoms with Crippen molar-refractivity contribution in [2.75, 3.05) is 33.7 Å². The zero-order valence-corrected chi connectivity index (χ0v) is 15.7. The Bertz CT molecular complexity index is 636. The minimum atomic E-state index is 0.271. The van der Waals surface area contributed by atoms with E-state index in [0.29, 0.717) is 24.5 Å². The first-order chi connectivity index (χ1) is 12.0. The average molecular weight is 346 g/mol.